The van der Waals surface area contributed by atoms with Gasteiger partial charge in [0.15, 0.2) is 16.6 Å². The molecule has 0 spiro atoms. The highest BCUT2D eigenvalue weighted by molar-refractivity contribution is 9.10. The molecular formula is C18H12Br2N2O4S. The third-order valence-electron chi connectivity index (χ3n) is 3.75. The van der Waals surface area contributed by atoms with Crippen molar-refractivity contribution in [1.82, 2.24) is 5.32 Å². The van der Waals surface area contributed by atoms with E-state index >= 15 is 0 Å². The average molecular weight is 512 g/mol. The summed E-state index contributed by atoms with van der Waals surface area (Å²) in [5.41, 5.74) is 0.926. The van der Waals surface area contributed by atoms with Crippen LogP contribution in [0.1, 0.15) is 5.56 Å². The minimum absolute atomic E-state index is 0.00437. The van der Waals surface area contributed by atoms with Crippen molar-refractivity contribution in [3.8, 4) is 11.5 Å². The van der Waals surface area contributed by atoms with Crippen LogP contribution in [0.3, 0.4) is 0 Å². The number of amides is 2. The minimum atomic E-state index is -0.598. The molecule has 0 aliphatic carbocycles. The predicted molar refractivity (Wildman–Crippen MR) is 113 cm³/mol. The van der Waals surface area contributed by atoms with E-state index in [0.29, 0.717) is 15.7 Å². The summed E-state index contributed by atoms with van der Waals surface area (Å²) in [6.07, 6.45) is 1.41. The summed E-state index contributed by atoms with van der Waals surface area (Å²) in [5, 5.41) is 12.4. The Balaban J connectivity index is 2.06. The van der Waals surface area contributed by atoms with E-state index < -0.39 is 11.8 Å². The van der Waals surface area contributed by atoms with Crippen molar-refractivity contribution in [1.29, 1.82) is 0 Å². The third kappa shape index (κ3) is 3.90. The molecule has 1 fully saturated rings. The summed E-state index contributed by atoms with van der Waals surface area (Å²) in [5.74, 6) is -1.01. The van der Waals surface area contributed by atoms with E-state index in [-0.39, 0.29) is 22.2 Å². The SMILES string of the molecule is COc1cc(/C=C2\C(=O)NC(=S)N(c3cccc(Br)c3)C2=O)cc(Br)c1O. The van der Waals surface area contributed by atoms with E-state index in [1.807, 2.05) is 6.07 Å². The van der Waals surface area contributed by atoms with Crippen molar-refractivity contribution in [2.75, 3.05) is 12.0 Å². The summed E-state index contributed by atoms with van der Waals surface area (Å²) in [6, 6.07) is 10.1. The van der Waals surface area contributed by atoms with Gasteiger partial charge in [-0.3, -0.25) is 19.8 Å². The van der Waals surface area contributed by atoms with E-state index in [9.17, 15) is 14.7 Å². The maximum absolute atomic E-state index is 13.0. The second-order valence-electron chi connectivity index (χ2n) is 5.49. The molecule has 1 aliphatic rings. The molecule has 1 heterocycles. The first-order valence-corrected chi connectivity index (χ1v) is 9.54. The lowest BCUT2D eigenvalue weighted by atomic mass is 10.1. The number of thiocarbonyl (C=S) groups is 1. The molecule has 0 unspecified atom stereocenters. The van der Waals surface area contributed by atoms with Crippen LogP contribution in [0.4, 0.5) is 5.69 Å². The minimum Gasteiger partial charge on any atom is -0.503 e. The van der Waals surface area contributed by atoms with Crippen molar-refractivity contribution in [2.45, 2.75) is 0 Å². The highest BCUT2D eigenvalue weighted by atomic mass is 79.9. The standard InChI is InChI=1S/C18H12Br2N2O4S/c1-26-14-7-9(6-13(20)15(14)23)5-12-16(24)21-18(27)22(17(12)25)11-4-2-3-10(19)8-11/h2-8,23H,1H3,(H,21,24,27)/b12-5+. The Labute approximate surface area is 177 Å². The molecule has 0 atom stereocenters. The van der Waals surface area contributed by atoms with Gasteiger partial charge in [-0.25, -0.2) is 0 Å². The molecule has 0 bridgehead atoms. The predicted octanol–water partition coefficient (Wildman–Crippen LogP) is 3.76. The molecule has 27 heavy (non-hydrogen) atoms. The Morgan fingerprint density at radius 3 is 2.63 bits per heavy atom. The number of nitrogens with one attached hydrogen (secondary N) is 1. The van der Waals surface area contributed by atoms with Gasteiger partial charge in [0.2, 0.25) is 0 Å². The van der Waals surface area contributed by atoms with Crippen LogP contribution in [0.25, 0.3) is 6.08 Å². The van der Waals surface area contributed by atoms with Crippen LogP contribution >= 0.6 is 44.1 Å². The van der Waals surface area contributed by atoms with Crippen molar-refractivity contribution in [2.24, 2.45) is 0 Å². The highest BCUT2D eigenvalue weighted by Gasteiger charge is 2.34. The zero-order valence-corrected chi connectivity index (χ0v) is 17.8. The normalized spacial score (nSPS) is 15.9. The van der Waals surface area contributed by atoms with Crippen LogP contribution in [0.2, 0.25) is 0 Å². The smallest absolute Gasteiger partial charge is 0.270 e. The first kappa shape index (κ1) is 19.5. The van der Waals surface area contributed by atoms with Crippen molar-refractivity contribution >= 4 is 72.8 Å². The van der Waals surface area contributed by atoms with Gasteiger partial charge in [0.05, 0.1) is 17.3 Å². The second-order valence-corrected chi connectivity index (χ2v) is 7.65. The number of nitrogens with zero attached hydrogens (tertiary/aromatic N) is 1. The maximum atomic E-state index is 13.0. The van der Waals surface area contributed by atoms with Gasteiger partial charge in [0.1, 0.15) is 5.57 Å². The monoisotopic (exact) mass is 510 g/mol. The quantitative estimate of drug-likeness (QED) is 0.372. The summed E-state index contributed by atoms with van der Waals surface area (Å²) < 4.78 is 6.24. The molecule has 6 nitrogen and oxygen atoms in total. The Morgan fingerprint density at radius 1 is 1.22 bits per heavy atom. The van der Waals surface area contributed by atoms with Gasteiger partial charge in [0, 0.05) is 4.47 Å². The molecule has 0 saturated carbocycles. The average Bonchev–Trinajstić information content (AvgIpc) is 2.61. The fourth-order valence-electron chi connectivity index (χ4n) is 2.51. The fourth-order valence-corrected chi connectivity index (χ4v) is 3.63. The van der Waals surface area contributed by atoms with Gasteiger partial charge in [-0.15, -0.1) is 0 Å². The molecule has 138 valence electrons. The first-order chi connectivity index (χ1) is 12.8. The number of phenolic OH excluding ortho intramolecular Hbond substituents is 1. The Kier molecular flexibility index (Phi) is 5.64. The van der Waals surface area contributed by atoms with Gasteiger partial charge in [0.25, 0.3) is 11.8 Å². The van der Waals surface area contributed by atoms with E-state index in [0.717, 1.165) is 4.47 Å². The van der Waals surface area contributed by atoms with E-state index in [4.69, 9.17) is 17.0 Å². The van der Waals surface area contributed by atoms with E-state index in [1.54, 1.807) is 24.3 Å². The number of halogens is 2. The van der Waals surface area contributed by atoms with E-state index in [2.05, 4.69) is 37.2 Å². The van der Waals surface area contributed by atoms with Crippen LogP contribution in [-0.4, -0.2) is 29.1 Å². The molecule has 3 rings (SSSR count). The number of carbonyl (C=O) groups excluding carboxylic acids is 2. The van der Waals surface area contributed by atoms with Crippen LogP contribution in [0.5, 0.6) is 11.5 Å². The van der Waals surface area contributed by atoms with Crippen LogP contribution in [0, 0.1) is 0 Å². The van der Waals surface area contributed by atoms with Crippen LogP contribution in [0.15, 0.2) is 50.9 Å². The number of benzene rings is 2. The fraction of sp³-hybridized carbons (Fsp3) is 0.0556. The van der Waals surface area contributed by atoms with Crippen LogP contribution < -0.4 is 15.0 Å². The number of aromatic hydroxyl groups is 1. The Morgan fingerprint density at radius 2 is 1.96 bits per heavy atom. The number of phenols is 1. The molecule has 2 N–H and O–H groups in total. The van der Waals surface area contributed by atoms with Gasteiger partial charge < -0.3 is 9.84 Å². The molecule has 0 radical (unpaired) electrons. The first-order valence-electron chi connectivity index (χ1n) is 7.55. The summed E-state index contributed by atoms with van der Waals surface area (Å²) in [4.78, 5) is 26.6. The molecular weight excluding hydrogens is 500 g/mol. The topological polar surface area (TPSA) is 78.9 Å². The Bertz CT molecular complexity index is 1010. The number of carbonyl (C=O) groups is 2. The lowest BCUT2D eigenvalue weighted by Crippen LogP contribution is -2.54. The van der Waals surface area contributed by atoms with Gasteiger partial charge in [-0.1, -0.05) is 22.0 Å². The zero-order valence-electron chi connectivity index (χ0n) is 13.8. The molecule has 0 aromatic heterocycles. The molecule has 2 aromatic rings. The number of rotatable bonds is 3. The third-order valence-corrected chi connectivity index (χ3v) is 5.13. The summed E-state index contributed by atoms with van der Waals surface area (Å²) >= 11 is 11.7. The molecule has 1 aliphatic heterocycles. The Hall–Kier alpha value is -2.23. The molecule has 2 amide bonds. The number of hydrogen-bond acceptors (Lipinski definition) is 5. The molecule has 1 saturated heterocycles. The summed E-state index contributed by atoms with van der Waals surface area (Å²) in [7, 11) is 1.41. The van der Waals surface area contributed by atoms with Crippen molar-refractivity contribution in [3.05, 3.63) is 56.5 Å². The second kappa shape index (κ2) is 7.79. The van der Waals surface area contributed by atoms with Crippen molar-refractivity contribution in [3.63, 3.8) is 0 Å². The van der Waals surface area contributed by atoms with Gasteiger partial charge >= 0.3 is 0 Å². The van der Waals surface area contributed by atoms with Gasteiger partial charge in [-0.2, -0.15) is 0 Å². The largest absolute Gasteiger partial charge is 0.503 e. The van der Waals surface area contributed by atoms with Crippen LogP contribution in [-0.2, 0) is 9.59 Å². The number of ether oxygens (including phenoxy) is 1. The lowest BCUT2D eigenvalue weighted by Gasteiger charge is -2.29. The van der Waals surface area contributed by atoms with Gasteiger partial charge in [-0.05, 0) is 70.1 Å². The summed E-state index contributed by atoms with van der Waals surface area (Å²) in [6.45, 7) is 0. The number of hydrogen-bond donors (Lipinski definition) is 2. The van der Waals surface area contributed by atoms with Crippen molar-refractivity contribution < 1.29 is 19.4 Å². The highest BCUT2D eigenvalue weighted by Crippen LogP contribution is 2.36. The number of methoxy groups -OCH3 is 1. The van der Waals surface area contributed by atoms with E-state index in [1.165, 1.54) is 24.2 Å². The maximum Gasteiger partial charge on any atom is 0.270 e. The zero-order chi connectivity index (χ0) is 19.7. The lowest BCUT2D eigenvalue weighted by molar-refractivity contribution is -0.122. The number of anilines is 1. The molecule has 2 aromatic carbocycles. The molecule has 9 heteroatoms.